The number of nitrogens with one attached hydrogen (secondary N) is 3. The van der Waals surface area contributed by atoms with Crippen molar-refractivity contribution in [1.29, 1.82) is 5.26 Å². The number of benzene rings is 1. The van der Waals surface area contributed by atoms with Gasteiger partial charge in [-0.05, 0) is 46.2 Å². The monoisotopic (exact) mass is 377 g/mol. The molecule has 0 aliphatic rings. The highest BCUT2D eigenvalue weighted by Crippen LogP contribution is 2.11. The summed E-state index contributed by atoms with van der Waals surface area (Å²) in [6, 6.07) is 6.23. The molecule has 0 atom stereocenters. The number of rotatable bonds is 7. The molecule has 1 aromatic rings. The molecule has 0 saturated carbocycles. The molecule has 0 spiro atoms. The maximum absolute atomic E-state index is 13.9. The highest BCUT2D eigenvalue weighted by atomic mass is 19.1. The van der Waals surface area contributed by atoms with Gasteiger partial charge in [0.2, 0.25) is 0 Å². The maximum Gasteiger partial charge on any atom is 0.407 e. The minimum atomic E-state index is -0.520. The first-order valence-electron chi connectivity index (χ1n) is 8.92. The van der Waals surface area contributed by atoms with E-state index >= 15 is 0 Å². The van der Waals surface area contributed by atoms with Crippen molar-refractivity contribution in [2.75, 3.05) is 19.6 Å². The first kappa shape index (κ1) is 22.2. The lowest BCUT2D eigenvalue weighted by atomic mass is 10.1. The molecule has 0 radical (unpaired) electrons. The number of amides is 1. The summed E-state index contributed by atoms with van der Waals surface area (Å²) in [6.45, 7) is 9.23. The second kappa shape index (κ2) is 11.0. The summed E-state index contributed by atoms with van der Waals surface area (Å²) < 4.78 is 19.1. The van der Waals surface area contributed by atoms with E-state index in [1.54, 1.807) is 12.1 Å². The molecular weight excluding hydrogens is 349 g/mol. The molecule has 0 aliphatic carbocycles. The molecule has 1 amide bonds. The molecule has 0 saturated heterocycles. The van der Waals surface area contributed by atoms with Gasteiger partial charge in [0.25, 0.3) is 0 Å². The zero-order valence-electron chi connectivity index (χ0n) is 16.4. The maximum atomic E-state index is 13.9. The lowest BCUT2D eigenvalue weighted by molar-refractivity contribution is 0.0527. The summed E-state index contributed by atoms with van der Waals surface area (Å²) >= 11 is 0. The van der Waals surface area contributed by atoms with Gasteiger partial charge in [-0.15, -0.1) is 0 Å². The number of halogens is 1. The van der Waals surface area contributed by atoms with E-state index < -0.39 is 17.5 Å². The highest BCUT2D eigenvalue weighted by molar-refractivity contribution is 5.79. The zero-order valence-corrected chi connectivity index (χ0v) is 16.4. The van der Waals surface area contributed by atoms with Crippen LogP contribution in [-0.4, -0.2) is 37.3 Å². The molecular formula is C19H28FN5O2. The fourth-order valence-electron chi connectivity index (χ4n) is 2.05. The molecule has 0 unspecified atom stereocenters. The third-order valence-electron chi connectivity index (χ3n) is 3.25. The third-order valence-corrected chi connectivity index (χ3v) is 3.25. The lowest BCUT2D eigenvalue weighted by Crippen LogP contribution is -2.39. The number of aliphatic imine (C=N–C) groups is 1. The normalized spacial score (nSPS) is 11.5. The fraction of sp³-hybridized carbons (Fsp3) is 0.526. The van der Waals surface area contributed by atoms with Crippen LogP contribution in [0.2, 0.25) is 0 Å². The highest BCUT2D eigenvalue weighted by Gasteiger charge is 2.15. The Labute approximate surface area is 160 Å². The second-order valence-corrected chi connectivity index (χ2v) is 6.82. The van der Waals surface area contributed by atoms with Gasteiger partial charge in [0.05, 0.1) is 18.2 Å². The first-order valence-corrected chi connectivity index (χ1v) is 8.92. The summed E-state index contributed by atoms with van der Waals surface area (Å²) in [5.41, 5.74) is 0.175. The minimum Gasteiger partial charge on any atom is -0.444 e. The molecule has 0 fully saturated rings. The van der Waals surface area contributed by atoms with Crippen molar-refractivity contribution in [3.63, 3.8) is 0 Å². The van der Waals surface area contributed by atoms with Gasteiger partial charge in [0, 0.05) is 25.2 Å². The molecule has 1 aromatic carbocycles. The predicted molar refractivity (Wildman–Crippen MR) is 103 cm³/mol. The van der Waals surface area contributed by atoms with E-state index in [4.69, 9.17) is 10.00 Å². The van der Waals surface area contributed by atoms with Crippen LogP contribution in [0.25, 0.3) is 0 Å². The number of carbonyl (C=O) groups is 1. The Hall–Kier alpha value is -2.82. The van der Waals surface area contributed by atoms with Crippen LogP contribution < -0.4 is 16.0 Å². The van der Waals surface area contributed by atoms with Gasteiger partial charge in [-0.2, -0.15) is 5.26 Å². The van der Waals surface area contributed by atoms with Crippen molar-refractivity contribution >= 4 is 12.1 Å². The van der Waals surface area contributed by atoms with Crippen LogP contribution in [0.5, 0.6) is 0 Å². The van der Waals surface area contributed by atoms with Crippen molar-refractivity contribution in [3.05, 3.63) is 35.1 Å². The van der Waals surface area contributed by atoms with E-state index in [0.717, 1.165) is 0 Å². The fourth-order valence-corrected chi connectivity index (χ4v) is 2.05. The van der Waals surface area contributed by atoms with E-state index in [9.17, 15) is 9.18 Å². The standard InChI is InChI=1S/C19H28FN5O2/c1-5-22-17(23-9-6-10-24-18(26)27-19(2,3)4)25-13-15-8-7-14(12-21)11-16(15)20/h7-8,11H,5-6,9-10,13H2,1-4H3,(H,24,26)(H2,22,23,25). The van der Waals surface area contributed by atoms with Crippen molar-refractivity contribution < 1.29 is 13.9 Å². The van der Waals surface area contributed by atoms with E-state index in [1.807, 2.05) is 33.8 Å². The molecule has 148 valence electrons. The molecule has 0 aliphatic heterocycles. The molecule has 0 bridgehead atoms. The molecule has 3 N–H and O–H groups in total. The van der Waals surface area contributed by atoms with E-state index in [-0.39, 0.29) is 12.1 Å². The quantitative estimate of drug-likeness (QED) is 0.385. The Bertz CT molecular complexity index is 692. The number of nitrogens with zero attached hydrogens (tertiary/aromatic N) is 2. The predicted octanol–water partition coefficient (Wildman–Crippen LogP) is 2.67. The van der Waals surface area contributed by atoms with E-state index in [0.29, 0.717) is 37.6 Å². The van der Waals surface area contributed by atoms with Crippen LogP contribution in [0.1, 0.15) is 45.2 Å². The van der Waals surface area contributed by atoms with Gasteiger partial charge in [-0.25, -0.2) is 14.2 Å². The van der Waals surface area contributed by atoms with Crippen LogP contribution in [-0.2, 0) is 11.3 Å². The molecule has 0 heterocycles. The molecule has 1 rings (SSSR count). The van der Waals surface area contributed by atoms with Crippen LogP contribution in [0.4, 0.5) is 9.18 Å². The molecule has 27 heavy (non-hydrogen) atoms. The average molecular weight is 377 g/mol. The summed E-state index contributed by atoms with van der Waals surface area (Å²) in [4.78, 5) is 15.9. The zero-order chi connectivity index (χ0) is 20.3. The summed E-state index contributed by atoms with van der Waals surface area (Å²) in [7, 11) is 0. The third kappa shape index (κ3) is 9.45. The Morgan fingerprint density at radius 3 is 2.56 bits per heavy atom. The Balaban J connectivity index is 2.44. The van der Waals surface area contributed by atoms with Gasteiger partial charge >= 0.3 is 6.09 Å². The number of guanidine groups is 1. The number of carbonyl (C=O) groups excluding carboxylic acids is 1. The van der Waals surface area contributed by atoms with Crippen LogP contribution in [0.3, 0.4) is 0 Å². The van der Waals surface area contributed by atoms with Gasteiger partial charge in [-0.3, -0.25) is 0 Å². The Kier molecular flexibility index (Phi) is 9.06. The SMILES string of the molecule is CCNC(=NCc1ccc(C#N)cc1F)NCCCNC(=O)OC(C)(C)C. The van der Waals surface area contributed by atoms with Crippen LogP contribution >= 0.6 is 0 Å². The van der Waals surface area contributed by atoms with E-state index in [1.165, 1.54) is 6.07 Å². The van der Waals surface area contributed by atoms with Crippen LogP contribution in [0.15, 0.2) is 23.2 Å². The number of ether oxygens (including phenoxy) is 1. The Morgan fingerprint density at radius 2 is 1.96 bits per heavy atom. The lowest BCUT2D eigenvalue weighted by Gasteiger charge is -2.19. The first-order chi connectivity index (χ1) is 12.7. The minimum absolute atomic E-state index is 0.156. The summed E-state index contributed by atoms with van der Waals surface area (Å²) in [6.07, 6.45) is 0.230. The largest absolute Gasteiger partial charge is 0.444 e. The van der Waals surface area contributed by atoms with Crippen molar-refractivity contribution in [3.8, 4) is 6.07 Å². The average Bonchev–Trinajstić information content (AvgIpc) is 2.58. The van der Waals surface area contributed by atoms with Gasteiger partial charge < -0.3 is 20.7 Å². The molecule has 8 heteroatoms. The van der Waals surface area contributed by atoms with Crippen molar-refractivity contribution in [2.24, 2.45) is 4.99 Å². The number of nitriles is 1. The number of alkyl carbamates (subject to hydrolysis) is 1. The van der Waals surface area contributed by atoms with Gasteiger partial charge in [-0.1, -0.05) is 6.07 Å². The summed E-state index contributed by atoms with van der Waals surface area (Å²) in [5, 5.41) is 17.7. The molecule has 7 nitrogen and oxygen atoms in total. The second-order valence-electron chi connectivity index (χ2n) is 6.82. The number of hydrogen-bond donors (Lipinski definition) is 3. The molecule has 0 aromatic heterocycles. The van der Waals surface area contributed by atoms with Crippen molar-refractivity contribution in [1.82, 2.24) is 16.0 Å². The van der Waals surface area contributed by atoms with Crippen molar-refractivity contribution in [2.45, 2.75) is 46.3 Å². The smallest absolute Gasteiger partial charge is 0.407 e. The Morgan fingerprint density at radius 1 is 1.26 bits per heavy atom. The van der Waals surface area contributed by atoms with Crippen LogP contribution in [0, 0.1) is 17.1 Å². The van der Waals surface area contributed by atoms with Gasteiger partial charge in [0.1, 0.15) is 11.4 Å². The summed E-state index contributed by atoms with van der Waals surface area (Å²) in [5.74, 6) is 0.105. The van der Waals surface area contributed by atoms with E-state index in [2.05, 4.69) is 20.9 Å². The number of hydrogen-bond acceptors (Lipinski definition) is 4. The topological polar surface area (TPSA) is 98.5 Å². The van der Waals surface area contributed by atoms with Gasteiger partial charge in [0.15, 0.2) is 5.96 Å².